The molecule has 2 rings (SSSR count). The maximum atomic E-state index is 4.87. The molecule has 0 amide bonds. The Kier molecular flexibility index (Phi) is 3.81. The van der Waals surface area contributed by atoms with Crippen molar-refractivity contribution >= 4 is 12.9 Å². The Labute approximate surface area is 112 Å². The Morgan fingerprint density at radius 3 is 2.50 bits per heavy atom. The Morgan fingerprint density at radius 2 is 2.00 bits per heavy atom. The average Bonchev–Trinajstić information content (AvgIpc) is 2.26. The van der Waals surface area contributed by atoms with Crippen LogP contribution < -0.4 is 5.59 Å². The van der Waals surface area contributed by atoms with Gasteiger partial charge in [-0.05, 0) is 17.1 Å². The van der Waals surface area contributed by atoms with Crippen LogP contribution in [0.15, 0.2) is 12.1 Å². The third-order valence-corrected chi connectivity index (χ3v) is 3.64. The van der Waals surface area contributed by atoms with Gasteiger partial charge in [-0.1, -0.05) is 46.7 Å². The van der Waals surface area contributed by atoms with E-state index in [1.165, 1.54) is 29.9 Å². The Morgan fingerprint density at radius 1 is 1.33 bits per heavy atom. The second kappa shape index (κ2) is 5.04. The first-order valence-corrected chi connectivity index (χ1v) is 7.11. The summed E-state index contributed by atoms with van der Waals surface area (Å²) in [6.07, 6.45) is 0. The summed E-state index contributed by atoms with van der Waals surface area (Å²) in [7, 11) is 1.02. The summed E-state index contributed by atoms with van der Waals surface area (Å²) in [5, 5.41) is 0. The first-order chi connectivity index (χ1) is 8.40. The number of hydrogen-bond donors (Lipinski definition) is 0. The molecule has 1 saturated heterocycles. The van der Waals surface area contributed by atoms with Crippen LogP contribution in [-0.4, -0.2) is 30.3 Å². The van der Waals surface area contributed by atoms with E-state index >= 15 is 0 Å². The zero-order chi connectivity index (χ0) is 13.3. The van der Waals surface area contributed by atoms with Gasteiger partial charge in [0.15, 0.2) is 7.28 Å². The topological polar surface area (TPSA) is 16.1 Å². The van der Waals surface area contributed by atoms with E-state index in [1.807, 2.05) is 0 Å². The Bertz CT molecular complexity index is 417. The number of likely N-dealkylation sites (tertiary alicyclic amines) is 1. The second-order valence-electron chi connectivity index (χ2n) is 6.71. The molecule has 0 N–H and O–H groups in total. The van der Waals surface area contributed by atoms with Crippen molar-refractivity contribution in [3.05, 3.63) is 23.4 Å². The van der Waals surface area contributed by atoms with Gasteiger partial charge in [0.1, 0.15) is 0 Å². The Hall–Kier alpha value is -0.825. The van der Waals surface area contributed by atoms with Crippen molar-refractivity contribution in [3.8, 4) is 0 Å². The predicted molar refractivity (Wildman–Crippen MR) is 80.0 cm³/mol. The molecule has 0 aliphatic carbocycles. The smallest absolute Gasteiger partial charge is 0.179 e. The van der Waals surface area contributed by atoms with Crippen LogP contribution in [0.25, 0.3) is 0 Å². The van der Waals surface area contributed by atoms with E-state index in [0.717, 1.165) is 19.7 Å². The van der Waals surface area contributed by atoms with E-state index in [-0.39, 0.29) is 5.41 Å². The highest BCUT2D eigenvalue weighted by atomic mass is 15.2. The van der Waals surface area contributed by atoms with Crippen LogP contribution in [-0.2, 0) is 12.0 Å². The molecule has 1 aliphatic heterocycles. The largest absolute Gasteiger partial charge is 0.298 e. The van der Waals surface area contributed by atoms with Crippen LogP contribution >= 0.6 is 0 Å². The molecule has 0 atom stereocenters. The van der Waals surface area contributed by atoms with Crippen molar-refractivity contribution in [2.24, 2.45) is 5.92 Å². The molecule has 2 nitrogen and oxygen atoms in total. The van der Waals surface area contributed by atoms with Crippen LogP contribution in [0.2, 0.25) is 6.82 Å². The SMILES string of the molecule is CBc1ccc(CN2CC(C)C2)c(C(C)(C)C)n1. The molecule has 1 aromatic heterocycles. The van der Waals surface area contributed by atoms with Crippen molar-refractivity contribution in [1.29, 1.82) is 0 Å². The van der Waals surface area contributed by atoms with Crippen molar-refractivity contribution in [2.45, 2.75) is 46.5 Å². The van der Waals surface area contributed by atoms with E-state index in [1.54, 1.807) is 0 Å². The molecule has 3 heteroatoms. The zero-order valence-corrected chi connectivity index (χ0v) is 12.5. The minimum Gasteiger partial charge on any atom is -0.298 e. The lowest BCUT2D eigenvalue weighted by Crippen LogP contribution is -2.44. The van der Waals surface area contributed by atoms with Crippen molar-refractivity contribution in [2.75, 3.05) is 13.1 Å². The van der Waals surface area contributed by atoms with Crippen molar-refractivity contribution < 1.29 is 0 Å². The minimum atomic E-state index is 0.136. The number of aromatic nitrogens is 1. The Balaban J connectivity index is 2.22. The van der Waals surface area contributed by atoms with Gasteiger partial charge >= 0.3 is 0 Å². The lowest BCUT2D eigenvalue weighted by Gasteiger charge is -2.38. The maximum Gasteiger partial charge on any atom is 0.179 e. The average molecular weight is 244 g/mol. The van der Waals surface area contributed by atoms with Gasteiger partial charge in [0.05, 0.1) is 0 Å². The van der Waals surface area contributed by atoms with Crippen LogP contribution in [0, 0.1) is 5.92 Å². The standard InChI is InChI=1S/C15H25BN2/c1-11-8-18(9-11)10-12-6-7-13(16-5)17-14(12)15(2,3)4/h6-7,11,16H,8-10H2,1-5H3. The van der Waals surface area contributed by atoms with Gasteiger partial charge in [-0.25, -0.2) is 0 Å². The summed E-state index contributed by atoms with van der Waals surface area (Å²) in [5.41, 5.74) is 4.03. The quantitative estimate of drug-likeness (QED) is 0.755. The number of hydrogen-bond acceptors (Lipinski definition) is 2. The summed E-state index contributed by atoms with van der Waals surface area (Å²) in [4.78, 5) is 7.38. The summed E-state index contributed by atoms with van der Waals surface area (Å²) < 4.78 is 0. The van der Waals surface area contributed by atoms with E-state index in [4.69, 9.17) is 4.98 Å². The minimum absolute atomic E-state index is 0.136. The van der Waals surface area contributed by atoms with Gasteiger partial charge in [0.25, 0.3) is 0 Å². The fourth-order valence-electron chi connectivity index (χ4n) is 2.70. The van der Waals surface area contributed by atoms with Crippen LogP contribution in [0.4, 0.5) is 0 Å². The number of rotatable bonds is 3. The summed E-state index contributed by atoms with van der Waals surface area (Å²) in [6.45, 7) is 14.8. The van der Waals surface area contributed by atoms with Gasteiger partial charge in [-0.15, -0.1) is 0 Å². The normalized spacial score (nSPS) is 17.6. The molecule has 1 fully saturated rings. The van der Waals surface area contributed by atoms with Crippen LogP contribution in [0.5, 0.6) is 0 Å². The van der Waals surface area contributed by atoms with Crippen LogP contribution in [0.3, 0.4) is 0 Å². The highest BCUT2D eigenvalue weighted by molar-refractivity contribution is 6.50. The molecule has 0 radical (unpaired) electrons. The fourth-order valence-corrected chi connectivity index (χ4v) is 2.70. The second-order valence-corrected chi connectivity index (χ2v) is 6.71. The van der Waals surface area contributed by atoms with E-state index in [9.17, 15) is 0 Å². The third kappa shape index (κ3) is 2.95. The lowest BCUT2D eigenvalue weighted by molar-refractivity contribution is 0.104. The van der Waals surface area contributed by atoms with Crippen LogP contribution in [0.1, 0.15) is 39.0 Å². The maximum absolute atomic E-state index is 4.87. The predicted octanol–water partition coefficient (Wildman–Crippen LogP) is 1.94. The fraction of sp³-hybridized carbons (Fsp3) is 0.667. The van der Waals surface area contributed by atoms with E-state index in [2.05, 4.69) is 51.6 Å². The molecule has 1 aliphatic rings. The molecule has 0 unspecified atom stereocenters. The lowest BCUT2D eigenvalue weighted by atomic mass is 9.76. The molecule has 0 aromatic carbocycles. The summed E-state index contributed by atoms with van der Waals surface area (Å²) in [5.74, 6) is 0.867. The van der Waals surface area contributed by atoms with Gasteiger partial charge in [0, 0.05) is 30.7 Å². The molecular formula is C15H25BN2. The molecule has 0 bridgehead atoms. The van der Waals surface area contributed by atoms with Gasteiger partial charge < -0.3 is 0 Å². The van der Waals surface area contributed by atoms with Gasteiger partial charge in [-0.3, -0.25) is 9.88 Å². The number of nitrogens with zero attached hydrogens (tertiary/aromatic N) is 2. The molecule has 2 heterocycles. The summed E-state index contributed by atoms with van der Waals surface area (Å²) in [6, 6.07) is 4.48. The highest BCUT2D eigenvalue weighted by Gasteiger charge is 2.26. The van der Waals surface area contributed by atoms with Crippen molar-refractivity contribution in [3.63, 3.8) is 0 Å². The molecule has 0 saturated carbocycles. The molecule has 1 aromatic rings. The molecule has 0 spiro atoms. The van der Waals surface area contributed by atoms with Gasteiger partial charge in [-0.2, -0.15) is 0 Å². The highest BCUT2D eigenvalue weighted by Crippen LogP contribution is 2.26. The zero-order valence-electron chi connectivity index (χ0n) is 12.5. The van der Waals surface area contributed by atoms with E-state index < -0.39 is 0 Å². The molecular weight excluding hydrogens is 219 g/mol. The first kappa shape index (κ1) is 13.6. The number of pyridine rings is 1. The first-order valence-electron chi connectivity index (χ1n) is 7.11. The third-order valence-electron chi connectivity index (χ3n) is 3.64. The molecule has 98 valence electrons. The summed E-state index contributed by atoms with van der Waals surface area (Å²) >= 11 is 0. The van der Waals surface area contributed by atoms with Gasteiger partial charge in [0.2, 0.25) is 0 Å². The monoisotopic (exact) mass is 244 g/mol. The van der Waals surface area contributed by atoms with Crippen molar-refractivity contribution in [1.82, 2.24) is 9.88 Å². The molecule has 18 heavy (non-hydrogen) atoms. The van der Waals surface area contributed by atoms with E-state index in [0.29, 0.717) is 0 Å².